The Morgan fingerprint density at radius 1 is 1.50 bits per heavy atom. The summed E-state index contributed by atoms with van der Waals surface area (Å²) in [5, 5.41) is 12.6. The van der Waals surface area contributed by atoms with E-state index in [0.717, 1.165) is 17.5 Å². The summed E-state index contributed by atoms with van der Waals surface area (Å²) in [7, 11) is 1.91. The van der Waals surface area contributed by atoms with Crippen molar-refractivity contribution >= 4 is 16.9 Å². The lowest BCUT2D eigenvalue weighted by Gasteiger charge is -2.17. The average molecular weight is 275 g/mol. The third kappa shape index (κ3) is 2.99. The Labute approximate surface area is 118 Å². The number of aliphatic hydroxyl groups excluding tert-OH is 1. The van der Waals surface area contributed by atoms with Crippen molar-refractivity contribution in [2.24, 2.45) is 13.0 Å². The Kier molecular flexibility index (Phi) is 4.39. The van der Waals surface area contributed by atoms with Crippen molar-refractivity contribution in [1.29, 1.82) is 0 Å². The van der Waals surface area contributed by atoms with Crippen LogP contribution in [0, 0.1) is 5.92 Å². The minimum Gasteiger partial charge on any atom is -0.391 e. The highest BCUT2D eigenvalue weighted by Crippen LogP contribution is 2.14. The van der Waals surface area contributed by atoms with Crippen molar-refractivity contribution < 1.29 is 9.90 Å². The number of nitrogens with zero attached hydrogens (tertiary/aromatic N) is 2. The van der Waals surface area contributed by atoms with Crippen LogP contribution >= 0.6 is 0 Å². The second-order valence-corrected chi connectivity index (χ2v) is 5.22. The number of aromatic nitrogens is 2. The lowest BCUT2D eigenvalue weighted by Crippen LogP contribution is -2.35. The molecule has 0 saturated heterocycles. The van der Waals surface area contributed by atoms with E-state index in [1.807, 2.05) is 31.5 Å². The smallest absolute Gasteiger partial charge is 0.251 e. The van der Waals surface area contributed by atoms with Crippen LogP contribution in [0.3, 0.4) is 0 Å². The Balaban J connectivity index is 2.04. The number of aryl methyl sites for hydroxylation is 1. The summed E-state index contributed by atoms with van der Waals surface area (Å²) in [4.78, 5) is 16.3. The monoisotopic (exact) mass is 275 g/mol. The van der Waals surface area contributed by atoms with Gasteiger partial charge in [0.25, 0.3) is 5.91 Å². The van der Waals surface area contributed by atoms with Crippen LogP contribution in [0.4, 0.5) is 0 Å². The summed E-state index contributed by atoms with van der Waals surface area (Å²) in [6.07, 6.45) is 2.10. The van der Waals surface area contributed by atoms with Gasteiger partial charge < -0.3 is 15.0 Å². The van der Waals surface area contributed by atoms with Gasteiger partial charge in [0.2, 0.25) is 0 Å². The molecule has 1 amide bonds. The molecule has 0 spiro atoms. The molecule has 2 unspecified atom stereocenters. The number of nitrogens with one attached hydrogen (secondary N) is 1. The van der Waals surface area contributed by atoms with Gasteiger partial charge in [0.1, 0.15) is 0 Å². The van der Waals surface area contributed by atoms with Gasteiger partial charge in [0.05, 0.1) is 23.5 Å². The van der Waals surface area contributed by atoms with E-state index in [0.29, 0.717) is 5.56 Å². The molecular formula is C15H21N3O2. The molecule has 0 aliphatic heterocycles. The van der Waals surface area contributed by atoms with E-state index in [-0.39, 0.29) is 18.4 Å². The summed E-state index contributed by atoms with van der Waals surface area (Å²) in [5.74, 6) is -0.00604. The van der Waals surface area contributed by atoms with E-state index in [4.69, 9.17) is 0 Å². The van der Waals surface area contributed by atoms with E-state index in [9.17, 15) is 9.90 Å². The molecule has 1 heterocycles. The summed E-state index contributed by atoms with van der Waals surface area (Å²) in [6.45, 7) is 4.26. The molecule has 0 bridgehead atoms. The topological polar surface area (TPSA) is 67.2 Å². The molecule has 2 N–H and O–H groups in total. The maximum absolute atomic E-state index is 12.1. The lowest BCUT2D eigenvalue weighted by molar-refractivity contribution is 0.0850. The molecule has 0 saturated carbocycles. The molecule has 1 aromatic heterocycles. The second kappa shape index (κ2) is 6.05. The van der Waals surface area contributed by atoms with Crippen molar-refractivity contribution in [1.82, 2.24) is 14.9 Å². The van der Waals surface area contributed by atoms with E-state index >= 15 is 0 Å². The Morgan fingerprint density at radius 3 is 2.95 bits per heavy atom. The molecule has 2 rings (SSSR count). The summed E-state index contributed by atoms with van der Waals surface area (Å²) < 4.78 is 1.91. The predicted octanol–water partition coefficient (Wildman–Crippen LogP) is 1.71. The van der Waals surface area contributed by atoms with Crippen molar-refractivity contribution in [2.45, 2.75) is 26.4 Å². The molecule has 0 aliphatic carbocycles. The number of amides is 1. The van der Waals surface area contributed by atoms with Gasteiger partial charge in [-0.3, -0.25) is 4.79 Å². The van der Waals surface area contributed by atoms with Crippen LogP contribution in [0.15, 0.2) is 24.5 Å². The fraction of sp³-hybridized carbons (Fsp3) is 0.467. The average Bonchev–Trinajstić information content (AvgIpc) is 2.84. The number of carbonyl (C=O) groups is 1. The van der Waals surface area contributed by atoms with Crippen LogP contribution in [0.5, 0.6) is 0 Å². The fourth-order valence-corrected chi connectivity index (χ4v) is 2.05. The highest BCUT2D eigenvalue weighted by molar-refractivity contribution is 5.97. The molecule has 20 heavy (non-hydrogen) atoms. The molecule has 0 radical (unpaired) electrons. The maximum Gasteiger partial charge on any atom is 0.251 e. The zero-order chi connectivity index (χ0) is 14.7. The molecule has 2 atom stereocenters. The molecule has 1 aromatic carbocycles. The minimum absolute atomic E-state index is 0.175. The molecule has 5 nitrogen and oxygen atoms in total. The van der Waals surface area contributed by atoms with Gasteiger partial charge in [0, 0.05) is 19.2 Å². The summed E-state index contributed by atoms with van der Waals surface area (Å²) >= 11 is 0. The number of hydrogen-bond donors (Lipinski definition) is 2. The number of carbonyl (C=O) groups excluding carboxylic acids is 1. The normalized spacial score (nSPS) is 14.2. The van der Waals surface area contributed by atoms with Gasteiger partial charge in [-0.15, -0.1) is 0 Å². The zero-order valence-corrected chi connectivity index (χ0v) is 12.1. The molecule has 0 aliphatic rings. The van der Waals surface area contributed by atoms with Gasteiger partial charge in [-0.1, -0.05) is 20.3 Å². The van der Waals surface area contributed by atoms with Gasteiger partial charge in [-0.2, -0.15) is 0 Å². The SMILES string of the molecule is CCC(C)C(O)CNC(=O)c1ccc2c(c1)ncn2C. The number of rotatable bonds is 5. The first-order valence-electron chi connectivity index (χ1n) is 6.90. The summed E-state index contributed by atoms with van der Waals surface area (Å²) in [5.41, 5.74) is 2.34. The highest BCUT2D eigenvalue weighted by atomic mass is 16.3. The van der Waals surface area contributed by atoms with E-state index in [1.54, 1.807) is 18.5 Å². The quantitative estimate of drug-likeness (QED) is 0.873. The molecular weight excluding hydrogens is 254 g/mol. The van der Waals surface area contributed by atoms with Crippen LogP contribution in [0.1, 0.15) is 30.6 Å². The van der Waals surface area contributed by atoms with E-state index in [1.165, 1.54) is 0 Å². The molecule has 108 valence electrons. The minimum atomic E-state index is -0.512. The van der Waals surface area contributed by atoms with Gasteiger partial charge in [-0.25, -0.2) is 4.98 Å². The zero-order valence-electron chi connectivity index (χ0n) is 12.1. The third-order valence-electron chi connectivity index (χ3n) is 3.76. The van der Waals surface area contributed by atoms with Gasteiger partial charge in [0.15, 0.2) is 0 Å². The van der Waals surface area contributed by atoms with Crippen molar-refractivity contribution in [3.8, 4) is 0 Å². The largest absolute Gasteiger partial charge is 0.391 e. The van der Waals surface area contributed by atoms with Crippen LogP contribution in [0.2, 0.25) is 0 Å². The van der Waals surface area contributed by atoms with Gasteiger partial charge >= 0.3 is 0 Å². The Bertz CT molecular complexity index is 606. The van der Waals surface area contributed by atoms with Crippen molar-refractivity contribution in [2.75, 3.05) is 6.54 Å². The number of aliphatic hydroxyl groups is 1. The second-order valence-electron chi connectivity index (χ2n) is 5.22. The number of fused-ring (bicyclic) bond motifs is 1. The van der Waals surface area contributed by atoms with Crippen molar-refractivity contribution in [3.63, 3.8) is 0 Å². The predicted molar refractivity (Wildman–Crippen MR) is 78.5 cm³/mol. The molecule has 0 fully saturated rings. The highest BCUT2D eigenvalue weighted by Gasteiger charge is 2.14. The molecule has 5 heteroatoms. The first kappa shape index (κ1) is 14.5. The van der Waals surface area contributed by atoms with E-state index < -0.39 is 6.10 Å². The Morgan fingerprint density at radius 2 is 2.25 bits per heavy atom. The third-order valence-corrected chi connectivity index (χ3v) is 3.76. The van der Waals surface area contributed by atoms with Crippen LogP contribution in [-0.2, 0) is 7.05 Å². The van der Waals surface area contributed by atoms with Crippen LogP contribution < -0.4 is 5.32 Å². The van der Waals surface area contributed by atoms with Gasteiger partial charge in [-0.05, 0) is 24.1 Å². The van der Waals surface area contributed by atoms with Crippen LogP contribution in [0.25, 0.3) is 11.0 Å². The number of hydrogen-bond acceptors (Lipinski definition) is 3. The Hall–Kier alpha value is -1.88. The molecule has 2 aromatic rings. The maximum atomic E-state index is 12.1. The standard InChI is InChI=1S/C15H21N3O2/c1-4-10(2)14(19)8-16-15(20)11-5-6-13-12(7-11)17-9-18(13)3/h5-7,9-10,14,19H,4,8H2,1-3H3,(H,16,20). The van der Waals surface area contributed by atoms with E-state index in [2.05, 4.69) is 10.3 Å². The first-order chi connectivity index (χ1) is 9.52. The first-order valence-corrected chi connectivity index (χ1v) is 6.90. The fourth-order valence-electron chi connectivity index (χ4n) is 2.05. The number of benzene rings is 1. The summed E-state index contributed by atoms with van der Waals surface area (Å²) in [6, 6.07) is 5.41. The number of imidazole rings is 1. The lowest BCUT2D eigenvalue weighted by atomic mass is 10.0. The van der Waals surface area contributed by atoms with Crippen LogP contribution in [-0.4, -0.2) is 33.2 Å². The van der Waals surface area contributed by atoms with Crippen molar-refractivity contribution in [3.05, 3.63) is 30.1 Å².